The molecule has 1 atom stereocenters. The molecule has 0 bridgehead atoms. The first kappa shape index (κ1) is 12.8. The highest BCUT2D eigenvalue weighted by atomic mass is 14.9. The number of aromatic nitrogens is 1. The number of aryl methyl sites for hydroxylation is 1. The van der Waals surface area contributed by atoms with Crippen LogP contribution in [0.15, 0.2) is 54.7 Å². The molecule has 1 heterocycles. The maximum Gasteiger partial charge on any atom is 0.0570 e. The van der Waals surface area contributed by atoms with Crippen molar-refractivity contribution >= 4 is 0 Å². The molecule has 0 aliphatic heterocycles. The summed E-state index contributed by atoms with van der Waals surface area (Å²) in [5, 5.41) is 3.51. The molecule has 2 heteroatoms. The molecule has 94 valence electrons. The van der Waals surface area contributed by atoms with Crippen LogP contribution in [0.25, 0.3) is 0 Å². The molecular formula is C16H20N2. The highest BCUT2D eigenvalue weighted by Gasteiger charge is 2.04. The van der Waals surface area contributed by atoms with Crippen LogP contribution in [0.2, 0.25) is 0 Å². The van der Waals surface area contributed by atoms with Crippen LogP contribution in [0.1, 0.15) is 30.6 Å². The molecule has 0 amide bonds. The molecule has 0 aliphatic rings. The lowest BCUT2D eigenvalue weighted by Crippen LogP contribution is -2.21. The molecule has 0 saturated carbocycles. The predicted octanol–water partition coefficient (Wildman–Crippen LogP) is 3.37. The van der Waals surface area contributed by atoms with E-state index in [1.165, 1.54) is 5.56 Å². The van der Waals surface area contributed by atoms with Crippen LogP contribution in [0.4, 0.5) is 0 Å². The van der Waals surface area contributed by atoms with E-state index < -0.39 is 0 Å². The Morgan fingerprint density at radius 3 is 2.56 bits per heavy atom. The monoisotopic (exact) mass is 240 g/mol. The molecule has 2 aromatic rings. The Kier molecular flexibility index (Phi) is 4.91. The van der Waals surface area contributed by atoms with E-state index in [9.17, 15) is 0 Å². The fourth-order valence-corrected chi connectivity index (χ4v) is 1.99. The van der Waals surface area contributed by atoms with Gasteiger partial charge in [-0.3, -0.25) is 4.98 Å². The van der Waals surface area contributed by atoms with Gasteiger partial charge in [0.15, 0.2) is 0 Å². The van der Waals surface area contributed by atoms with Gasteiger partial charge < -0.3 is 5.32 Å². The van der Waals surface area contributed by atoms with Crippen molar-refractivity contribution in [1.29, 1.82) is 0 Å². The van der Waals surface area contributed by atoms with Gasteiger partial charge in [0.1, 0.15) is 0 Å². The summed E-state index contributed by atoms with van der Waals surface area (Å²) in [6.45, 7) is 3.18. The van der Waals surface area contributed by atoms with E-state index in [0.717, 1.165) is 25.1 Å². The van der Waals surface area contributed by atoms with E-state index in [4.69, 9.17) is 0 Å². The number of nitrogens with zero attached hydrogens (tertiary/aromatic N) is 1. The molecule has 0 radical (unpaired) electrons. The normalized spacial score (nSPS) is 12.3. The topological polar surface area (TPSA) is 24.9 Å². The van der Waals surface area contributed by atoms with Gasteiger partial charge in [-0.1, -0.05) is 36.4 Å². The lowest BCUT2D eigenvalue weighted by atomic mass is 10.1. The quantitative estimate of drug-likeness (QED) is 0.783. The number of benzene rings is 1. The van der Waals surface area contributed by atoms with Crippen LogP contribution in [-0.4, -0.2) is 11.5 Å². The maximum atomic E-state index is 4.35. The highest BCUT2D eigenvalue weighted by molar-refractivity contribution is 5.14. The van der Waals surface area contributed by atoms with E-state index in [0.29, 0.717) is 6.04 Å². The third-order valence-corrected chi connectivity index (χ3v) is 3.07. The average molecular weight is 240 g/mol. The zero-order chi connectivity index (χ0) is 12.6. The minimum atomic E-state index is 0.321. The summed E-state index contributed by atoms with van der Waals surface area (Å²) >= 11 is 0. The minimum Gasteiger partial charge on any atom is -0.309 e. The van der Waals surface area contributed by atoms with Gasteiger partial charge in [0, 0.05) is 12.2 Å². The maximum absolute atomic E-state index is 4.35. The summed E-state index contributed by atoms with van der Waals surface area (Å²) in [5.74, 6) is 0. The molecule has 0 aliphatic carbocycles. The second-order valence-corrected chi connectivity index (χ2v) is 4.52. The molecule has 1 unspecified atom stereocenters. The second-order valence-electron chi connectivity index (χ2n) is 4.52. The van der Waals surface area contributed by atoms with E-state index in [2.05, 4.69) is 53.6 Å². The zero-order valence-corrected chi connectivity index (χ0v) is 10.8. The van der Waals surface area contributed by atoms with Crippen LogP contribution < -0.4 is 5.32 Å². The van der Waals surface area contributed by atoms with Crippen molar-refractivity contribution < 1.29 is 0 Å². The molecule has 0 spiro atoms. The van der Waals surface area contributed by atoms with Crippen molar-refractivity contribution in [3.05, 3.63) is 66.0 Å². The largest absolute Gasteiger partial charge is 0.309 e. The molecular weight excluding hydrogens is 220 g/mol. The summed E-state index contributed by atoms with van der Waals surface area (Å²) in [5.41, 5.74) is 2.52. The van der Waals surface area contributed by atoms with Crippen LogP contribution in [0.3, 0.4) is 0 Å². The molecule has 0 fully saturated rings. The Balaban J connectivity index is 1.70. The zero-order valence-electron chi connectivity index (χ0n) is 10.8. The van der Waals surface area contributed by atoms with Crippen molar-refractivity contribution in [3.63, 3.8) is 0 Å². The number of hydrogen-bond donors (Lipinski definition) is 1. The molecule has 2 nitrogen and oxygen atoms in total. The minimum absolute atomic E-state index is 0.321. The SMILES string of the molecule is CC(NCCCc1ccccc1)c1ccccn1. The Morgan fingerprint density at radius 2 is 1.83 bits per heavy atom. The first-order valence-corrected chi connectivity index (χ1v) is 6.54. The van der Waals surface area contributed by atoms with Gasteiger partial charge in [-0.05, 0) is 44.0 Å². The van der Waals surface area contributed by atoms with Gasteiger partial charge >= 0.3 is 0 Å². The Bertz CT molecular complexity index is 439. The van der Waals surface area contributed by atoms with Gasteiger partial charge in [0.05, 0.1) is 5.69 Å². The standard InChI is InChI=1S/C16H20N2/c1-14(16-11-5-6-12-18-16)17-13-7-10-15-8-3-2-4-9-15/h2-6,8-9,11-12,14,17H,7,10,13H2,1H3. The number of hydrogen-bond acceptors (Lipinski definition) is 2. The van der Waals surface area contributed by atoms with Gasteiger partial charge in [-0.25, -0.2) is 0 Å². The number of pyridine rings is 1. The molecule has 1 aromatic carbocycles. The van der Waals surface area contributed by atoms with Crippen molar-refractivity contribution in [2.75, 3.05) is 6.54 Å². The van der Waals surface area contributed by atoms with Crippen LogP contribution in [0, 0.1) is 0 Å². The smallest absolute Gasteiger partial charge is 0.0570 e. The van der Waals surface area contributed by atoms with Crippen molar-refractivity contribution in [3.8, 4) is 0 Å². The summed E-state index contributed by atoms with van der Waals surface area (Å²) in [6, 6.07) is 17.0. The predicted molar refractivity (Wildman–Crippen MR) is 75.4 cm³/mol. The van der Waals surface area contributed by atoms with E-state index >= 15 is 0 Å². The van der Waals surface area contributed by atoms with Gasteiger partial charge in [0.2, 0.25) is 0 Å². The Morgan fingerprint density at radius 1 is 1.06 bits per heavy atom. The van der Waals surface area contributed by atoms with E-state index in [-0.39, 0.29) is 0 Å². The average Bonchev–Trinajstić information content (AvgIpc) is 2.45. The van der Waals surface area contributed by atoms with E-state index in [1.54, 1.807) is 0 Å². The van der Waals surface area contributed by atoms with Crippen LogP contribution in [0.5, 0.6) is 0 Å². The summed E-state index contributed by atoms with van der Waals surface area (Å²) in [4.78, 5) is 4.35. The molecule has 1 aromatic heterocycles. The highest BCUT2D eigenvalue weighted by Crippen LogP contribution is 2.08. The third kappa shape index (κ3) is 3.97. The first-order chi connectivity index (χ1) is 8.86. The summed E-state index contributed by atoms with van der Waals surface area (Å²) in [6.07, 6.45) is 4.13. The van der Waals surface area contributed by atoms with Gasteiger partial charge in [-0.2, -0.15) is 0 Å². The van der Waals surface area contributed by atoms with Crippen LogP contribution in [-0.2, 0) is 6.42 Å². The fourth-order valence-electron chi connectivity index (χ4n) is 1.99. The van der Waals surface area contributed by atoms with Crippen molar-refractivity contribution in [2.24, 2.45) is 0 Å². The number of rotatable bonds is 6. The third-order valence-electron chi connectivity index (χ3n) is 3.07. The van der Waals surface area contributed by atoms with Gasteiger partial charge in [-0.15, -0.1) is 0 Å². The summed E-state index contributed by atoms with van der Waals surface area (Å²) in [7, 11) is 0. The second kappa shape index (κ2) is 6.92. The van der Waals surface area contributed by atoms with Crippen molar-refractivity contribution in [1.82, 2.24) is 10.3 Å². The van der Waals surface area contributed by atoms with Crippen LogP contribution >= 0.6 is 0 Å². The van der Waals surface area contributed by atoms with E-state index in [1.807, 2.05) is 18.3 Å². The number of nitrogens with one attached hydrogen (secondary N) is 1. The fraction of sp³-hybridized carbons (Fsp3) is 0.312. The first-order valence-electron chi connectivity index (χ1n) is 6.54. The molecule has 2 rings (SSSR count). The summed E-state index contributed by atoms with van der Waals surface area (Å²) < 4.78 is 0. The Hall–Kier alpha value is -1.67. The van der Waals surface area contributed by atoms with Gasteiger partial charge in [0.25, 0.3) is 0 Å². The van der Waals surface area contributed by atoms with Crippen molar-refractivity contribution in [2.45, 2.75) is 25.8 Å². The Labute approximate surface area is 109 Å². The molecule has 18 heavy (non-hydrogen) atoms. The molecule has 1 N–H and O–H groups in total. The molecule has 0 saturated heterocycles. The lowest BCUT2D eigenvalue weighted by Gasteiger charge is -2.12. The lowest BCUT2D eigenvalue weighted by molar-refractivity contribution is 0.547.